The number of aromatic nitrogens is 2. The number of rotatable bonds is 4. The molecule has 0 spiro atoms. The van der Waals surface area contributed by atoms with Gasteiger partial charge in [-0.25, -0.2) is 9.97 Å². The van der Waals surface area contributed by atoms with Crippen molar-refractivity contribution in [2.75, 3.05) is 10.6 Å². The molecule has 1 aromatic heterocycles. The van der Waals surface area contributed by atoms with Gasteiger partial charge in [-0.1, -0.05) is 22.9 Å². The summed E-state index contributed by atoms with van der Waals surface area (Å²) in [5.74, 6) is 1.64. The van der Waals surface area contributed by atoms with Gasteiger partial charge in [-0.15, -0.1) is 0 Å². The molecule has 1 N–H and O–H groups in total. The van der Waals surface area contributed by atoms with Gasteiger partial charge in [-0.05, 0) is 38.5 Å². The number of hydrogen-bond donors (Lipinski definition) is 1. The summed E-state index contributed by atoms with van der Waals surface area (Å²) in [7, 11) is 0. The molecular weight excluding hydrogens is 278 g/mol. The molecule has 0 aliphatic heterocycles. The summed E-state index contributed by atoms with van der Waals surface area (Å²) >= 11 is 3.53. The summed E-state index contributed by atoms with van der Waals surface area (Å²) in [6, 6.07) is 0.426. The van der Waals surface area contributed by atoms with Gasteiger partial charge in [0, 0.05) is 22.6 Å². The molecular formula is C13H20BrN3. The molecule has 1 heterocycles. The standard InChI is InChI=1S/C13H20BrN3/c1-9(7-14)10(2)17-13-11-5-3-4-6-12(11)15-8-16-13/h8-10H,3-7H2,1-2H3,(H,15,16,17). The topological polar surface area (TPSA) is 37.8 Å². The van der Waals surface area contributed by atoms with Gasteiger partial charge in [0.25, 0.3) is 0 Å². The van der Waals surface area contributed by atoms with E-state index >= 15 is 0 Å². The Morgan fingerprint density at radius 3 is 2.82 bits per heavy atom. The summed E-state index contributed by atoms with van der Waals surface area (Å²) < 4.78 is 0. The highest BCUT2D eigenvalue weighted by Gasteiger charge is 2.18. The Balaban J connectivity index is 2.15. The van der Waals surface area contributed by atoms with Crippen LogP contribution in [0.5, 0.6) is 0 Å². The van der Waals surface area contributed by atoms with E-state index in [-0.39, 0.29) is 0 Å². The number of nitrogens with one attached hydrogen (secondary N) is 1. The second-order valence-corrected chi connectivity index (χ2v) is 5.57. The lowest BCUT2D eigenvalue weighted by Gasteiger charge is -2.23. The van der Waals surface area contributed by atoms with Crippen LogP contribution < -0.4 is 5.32 Å². The van der Waals surface area contributed by atoms with E-state index in [0.29, 0.717) is 12.0 Å². The Kier molecular flexibility index (Phi) is 4.37. The first-order valence-corrected chi connectivity index (χ1v) is 7.49. The van der Waals surface area contributed by atoms with Gasteiger partial charge in [0.15, 0.2) is 0 Å². The number of anilines is 1. The van der Waals surface area contributed by atoms with Crippen molar-refractivity contribution in [1.29, 1.82) is 0 Å². The minimum Gasteiger partial charge on any atom is -0.367 e. The number of halogens is 1. The average molecular weight is 298 g/mol. The molecule has 2 atom stereocenters. The molecule has 17 heavy (non-hydrogen) atoms. The third-order valence-electron chi connectivity index (χ3n) is 3.59. The van der Waals surface area contributed by atoms with Crippen LogP contribution in [0.25, 0.3) is 0 Å². The lowest BCUT2D eigenvalue weighted by atomic mass is 9.96. The van der Waals surface area contributed by atoms with Crippen LogP contribution in [0.3, 0.4) is 0 Å². The Morgan fingerprint density at radius 1 is 1.29 bits per heavy atom. The van der Waals surface area contributed by atoms with Gasteiger partial charge in [0.2, 0.25) is 0 Å². The normalized spacial score (nSPS) is 18.3. The van der Waals surface area contributed by atoms with Crippen molar-refractivity contribution in [3.8, 4) is 0 Å². The van der Waals surface area contributed by atoms with Crippen molar-refractivity contribution in [2.45, 2.75) is 45.6 Å². The molecule has 94 valence electrons. The molecule has 0 bridgehead atoms. The Bertz CT molecular complexity index is 381. The maximum Gasteiger partial charge on any atom is 0.133 e. The molecule has 1 aliphatic carbocycles. The second kappa shape index (κ2) is 5.80. The van der Waals surface area contributed by atoms with Crippen LogP contribution in [0.15, 0.2) is 6.33 Å². The second-order valence-electron chi connectivity index (χ2n) is 4.92. The number of aryl methyl sites for hydroxylation is 1. The van der Waals surface area contributed by atoms with Gasteiger partial charge in [0.1, 0.15) is 12.1 Å². The van der Waals surface area contributed by atoms with Crippen LogP contribution in [0.1, 0.15) is 37.9 Å². The maximum atomic E-state index is 4.41. The van der Waals surface area contributed by atoms with Gasteiger partial charge in [0.05, 0.1) is 0 Å². The van der Waals surface area contributed by atoms with Crippen LogP contribution in [-0.2, 0) is 12.8 Å². The van der Waals surface area contributed by atoms with Crippen molar-refractivity contribution in [3.63, 3.8) is 0 Å². The molecule has 1 aliphatic rings. The fraction of sp³-hybridized carbons (Fsp3) is 0.692. The van der Waals surface area contributed by atoms with E-state index in [2.05, 4.69) is 45.1 Å². The van der Waals surface area contributed by atoms with E-state index in [0.717, 1.165) is 24.0 Å². The molecule has 4 heteroatoms. The summed E-state index contributed by atoms with van der Waals surface area (Å²) in [5.41, 5.74) is 2.58. The molecule has 0 fully saturated rings. The highest BCUT2D eigenvalue weighted by atomic mass is 79.9. The molecule has 2 unspecified atom stereocenters. The first-order valence-electron chi connectivity index (χ1n) is 6.37. The molecule has 3 nitrogen and oxygen atoms in total. The van der Waals surface area contributed by atoms with E-state index < -0.39 is 0 Å². The Hall–Kier alpha value is -0.640. The monoisotopic (exact) mass is 297 g/mol. The summed E-state index contributed by atoms with van der Waals surface area (Å²) in [4.78, 5) is 8.80. The highest BCUT2D eigenvalue weighted by molar-refractivity contribution is 9.09. The first-order chi connectivity index (χ1) is 8.22. The van der Waals surface area contributed by atoms with Crippen molar-refractivity contribution < 1.29 is 0 Å². The fourth-order valence-corrected chi connectivity index (χ4v) is 2.70. The Morgan fingerprint density at radius 2 is 2.06 bits per heavy atom. The van der Waals surface area contributed by atoms with Crippen LogP contribution >= 0.6 is 15.9 Å². The third-order valence-corrected chi connectivity index (χ3v) is 4.61. The SMILES string of the molecule is CC(CBr)C(C)Nc1ncnc2c1CCCC2. The molecule has 0 saturated heterocycles. The van der Waals surface area contributed by atoms with Gasteiger partial charge in [-0.3, -0.25) is 0 Å². The average Bonchev–Trinajstić information content (AvgIpc) is 2.38. The number of nitrogens with zero attached hydrogens (tertiary/aromatic N) is 2. The van der Waals surface area contributed by atoms with E-state index in [9.17, 15) is 0 Å². The fourth-order valence-electron chi connectivity index (χ4n) is 2.14. The van der Waals surface area contributed by atoms with Crippen molar-refractivity contribution >= 4 is 21.7 Å². The maximum absolute atomic E-state index is 4.41. The number of alkyl halides is 1. The van der Waals surface area contributed by atoms with Gasteiger partial charge < -0.3 is 5.32 Å². The predicted molar refractivity (Wildman–Crippen MR) is 74.7 cm³/mol. The lowest BCUT2D eigenvalue weighted by molar-refractivity contribution is 0.567. The zero-order chi connectivity index (χ0) is 12.3. The molecule has 0 amide bonds. The predicted octanol–water partition coefficient (Wildman–Crippen LogP) is 3.19. The van der Waals surface area contributed by atoms with Crippen LogP contribution in [0.4, 0.5) is 5.82 Å². The summed E-state index contributed by atoms with van der Waals surface area (Å²) in [5, 5.41) is 4.55. The molecule has 1 aromatic rings. The largest absolute Gasteiger partial charge is 0.367 e. The molecule has 0 saturated carbocycles. The van der Waals surface area contributed by atoms with Crippen LogP contribution in [-0.4, -0.2) is 21.3 Å². The van der Waals surface area contributed by atoms with E-state index in [1.54, 1.807) is 6.33 Å². The quantitative estimate of drug-likeness (QED) is 0.868. The molecule has 2 rings (SSSR count). The Labute approximate surface area is 112 Å². The first kappa shape index (κ1) is 12.8. The van der Waals surface area contributed by atoms with Crippen molar-refractivity contribution in [1.82, 2.24) is 9.97 Å². The minimum atomic E-state index is 0.426. The smallest absolute Gasteiger partial charge is 0.133 e. The number of fused-ring (bicyclic) bond motifs is 1. The van der Waals surface area contributed by atoms with E-state index in [4.69, 9.17) is 0 Å². The van der Waals surface area contributed by atoms with E-state index in [1.807, 2.05) is 0 Å². The van der Waals surface area contributed by atoms with Crippen molar-refractivity contribution in [3.05, 3.63) is 17.6 Å². The van der Waals surface area contributed by atoms with Crippen LogP contribution in [0.2, 0.25) is 0 Å². The highest BCUT2D eigenvalue weighted by Crippen LogP contribution is 2.25. The van der Waals surface area contributed by atoms with Crippen molar-refractivity contribution in [2.24, 2.45) is 5.92 Å². The molecule has 0 aromatic carbocycles. The van der Waals surface area contributed by atoms with Gasteiger partial charge >= 0.3 is 0 Å². The van der Waals surface area contributed by atoms with Gasteiger partial charge in [-0.2, -0.15) is 0 Å². The third kappa shape index (κ3) is 2.97. The lowest BCUT2D eigenvalue weighted by Crippen LogP contribution is -2.26. The summed E-state index contributed by atoms with van der Waals surface area (Å²) in [6.45, 7) is 4.45. The minimum absolute atomic E-state index is 0.426. The zero-order valence-corrected chi connectivity index (χ0v) is 12.1. The summed E-state index contributed by atoms with van der Waals surface area (Å²) in [6.07, 6.45) is 6.44. The number of hydrogen-bond acceptors (Lipinski definition) is 3. The molecule has 0 radical (unpaired) electrons. The zero-order valence-electron chi connectivity index (χ0n) is 10.5. The van der Waals surface area contributed by atoms with E-state index in [1.165, 1.54) is 24.1 Å². The van der Waals surface area contributed by atoms with Crippen LogP contribution in [0, 0.1) is 5.92 Å².